The van der Waals surface area contributed by atoms with E-state index >= 15 is 0 Å². The first-order valence-electron chi connectivity index (χ1n) is 12.8. The Hall–Kier alpha value is -3.94. The predicted octanol–water partition coefficient (Wildman–Crippen LogP) is 5.23. The maximum Gasteiger partial charge on any atom is 0.224 e. The second-order valence-corrected chi connectivity index (χ2v) is 9.77. The van der Waals surface area contributed by atoms with Crippen LogP contribution in [-0.4, -0.2) is 60.0 Å². The van der Waals surface area contributed by atoms with E-state index < -0.39 is 0 Å². The molecule has 4 aromatic rings. The Morgan fingerprint density at radius 3 is 2.49 bits per heavy atom. The lowest BCUT2D eigenvalue weighted by Crippen LogP contribution is -2.49. The Balaban J connectivity index is 1.31. The molecular weight excluding hydrogens is 469 g/mol. The zero-order valence-corrected chi connectivity index (χ0v) is 21.3. The van der Waals surface area contributed by atoms with Crippen molar-refractivity contribution >= 4 is 28.3 Å². The normalized spacial score (nSPS) is 13.9. The number of aromatic nitrogens is 2. The highest BCUT2D eigenvalue weighted by molar-refractivity contribution is 5.91. The maximum atomic E-state index is 14.2. The van der Waals surface area contributed by atoms with Crippen LogP contribution in [0.1, 0.15) is 20.3 Å². The van der Waals surface area contributed by atoms with Crippen LogP contribution in [0.25, 0.3) is 22.5 Å². The number of piperazine rings is 1. The highest BCUT2D eigenvalue weighted by Gasteiger charge is 2.24. The molecule has 1 aliphatic rings. The van der Waals surface area contributed by atoms with E-state index in [-0.39, 0.29) is 11.7 Å². The molecule has 1 fully saturated rings. The first-order chi connectivity index (χ1) is 18.0. The predicted molar refractivity (Wildman–Crippen MR) is 144 cm³/mol. The van der Waals surface area contributed by atoms with Gasteiger partial charge in [0.15, 0.2) is 11.6 Å². The number of para-hydroxylation sites is 2. The summed E-state index contributed by atoms with van der Waals surface area (Å²) < 4.78 is 19.8. The molecule has 2 aromatic carbocycles. The van der Waals surface area contributed by atoms with E-state index in [1.54, 1.807) is 18.4 Å². The number of anilines is 2. The molecule has 0 atom stereocenters. The summed E-state index contributed by atoms with van der Waals surface area (Å²) in [5.74, 6) is 2.20. The van der Waals surface area contributed by atoms with E-state index in [9.17, 15) is 9.18 Å². The molecular formula is C29H32FN5O2. The molecule has 2 aromatic heterocycles. The number of benzene rings is 2. The topological polar surface area (TPSA) is 65.7 Å². The minimum Gasteiger partial charge on any atom is -0.461 e. The van der Waals surface area contributed by atoms with Gasteiger partial charge in [-0.3, -0.25) is 4.79 Å². The molecule has 0 saturated carbocycles. The van der Waals surface area contributed by atoms with E-state index in [4.69, 9.17) is 14.4 Å². The van der Waals surface area contributed by atoms with Crippen molar-refractivity contribution in [3.8, 4) is 11.6 Å². The second-order valence-electron chi connectivity index (χ2n) is 9.77. The fourth-order valence-corrected chi connectivity index (χ4v) is 4.83. The van der Waals surface area contributed by atoms with Crippen LogP contribution in [-0.2, 0) is 4.79 Å². The summed E-state index contributed by atoms with van der Waals surface area (Å²) in [5.41, 5.74) is 1.43. The first-order valence-corrected chi connectivity index (χ1v) is 12.8. The van der Waals surface area contributed by atoms with Gasteiger partial charge >= 0.3 is 0 Å². The lowest BCUT2D eigenvalue weighted by molar-refractivity contribution is -0.131. The SMILES string of the molecule is CC(C)CN(CCC(=O)N1CCN(c2ccccc2F)CC1)c1nc(-c2ccco2)nc2ccccc12. The van der Waals surface area contributed by atoms with Gasteiger partial charge in [-0.05, 0) is 42.3 Å². The molecule has 8 heteroatoms. The van der Waals surface area contributed by atoms with E-state index in [2.05, 4.69) is 18.7 Å². The molecule has 1 aliphatic heterocycles. The van der Waals surface area contributed by atoms with E-state index in [1.165, 1.54) is 6.07 Å². The Morgan fingerprint density at radius 2 is 1.76 bits per heavy atom. The van der Waals surface area contributed by atoms with Gasteiger partial charge in [0, 0.05) is 51.1 Å². The van der Waals surface area contributed by atoms with Crippen LogP contribution in [0.2, 0.25) is 0 Å². The third-order valence-electron chi connectivity index (χ3n) is 6.63. The first kappa shape index (κ1) is 24.7. The van der Waals surface area contributed by atoms with Gasteiger partial charge in [0.25, 0.3) is 0 Å². The molecule has 3 heterocycles. The summed E-state index contributed by atoms with van der Waals surface area (Å²) in [4.78, 5) is 28.9. The zero-order chi connectivity index (χ0) is 25.8. The maximum absolute atomic E-state index is 14.2. The van der Waals surface area contributed by atoms with Gasteiger partial charge in [0.05, 0.1) is 17.5 Å². The number of hydrogen-bond acceptors (Lipinski definition) is 6. The number of carbonyl (C=O) groups excluding carboxylic acids is 1. The number of rotatable bonds is 8. The number of halogens is 1. The van der Waals surface area contributed by atoms with Crippen molar-refractivity contribution in [1.82, 2.24) is 14.9 Å². The Kier molecular flexibility index (Phi) is 7.35. The number of carbonyl (C=O) groups is 1. The van der Waals surface area contributed by atoms with Gasteiger partial charge in [0.2, 0.25) is 5.91 Å². The molecule has 1 saturated heterocycles. The second kappa shape index (κ2) is 11.0. The van der Waals surface area contributed by atoms with Crippen molar-refractivity contribution in [3.63, 3.8) is 0 Å². The number of furan rings is 1. The number of nitrogens with zero attached hydrogens (tertiary/aromatic N) is 5. The van der Waals surface area contributed by atoms with Crippen molar-refractivity contribution in [3.05, 3.63) is 72.7 Å². The number of hydrogen-bond donors (Lipinski definition) is 0. The monoisotopic (exact) mass is 501 g/mol. The quantitative estimate of drug-likeness (QED) is 0.329. The van der Waals surface area contributed by atoms with Gasteiger partial charge in [0.1, 0.15) is 11.6 Å². The molecule has 0 radical (unpaired) electrons. The smallest absolute Gasteiger partial charge is 0.224 e. The van der Waals surface area contributed by atoms with Crippen LogP contribution >= 0.6 is 0 Å². The minimum absolute atomic E-state index is 0.103. The molecule has 192 valence electrons. The Bertz CT molecular complexity index is 1350. The van der Waals surface area contributed by atoms with Crippen LogP contribution in [0, 0.1) is 11.7 Å². The third-order valence-corrected chi connectivity index (χ3v) is 6.63. The van der Waals surface area contributed by atoms with Crippen LogP contribution < -0.4 is 9.80 Å². The molecule has 37 heavy (non-hydrogen) atoms. The van der Waals surface area contributed by atoms with Crippen LogP contribution in [0.4, 0.5) is 15.9 Å². The van der Waals surface area contributed by atoms with Crippen LogP contribution in [0.3, 0.4) is 0 Å². The highest BCUT2D eigenvalue weighted by atomic mass is 19.1. The van der Waals surface area contributed by atoms with Crippen molar-refractivity contribution < 1.29 is 13.6 Å². The molecule has 0 aliphatic carbocycles. The minimum atomic E-state index is -0.224. The Labute approximate surface area is 216 Å². The zero-order valence-electron chi connectivity index (χ0n) is 21.3. The summed E-state index contributed by atoms with van der Waals surface area (Å²) in [7, 11) is 0. The fraction of sp³-hybridized carbons (Fsp3) is 0.345. The number of fused-ring (bicyclic) bond motifs is 1. The van der Waals surface area contributed by atoms with Gasteiger partial charge in [-0.15, -0.1) is 0 Å². The summed E-state index contributed by atoms with van der Waals surface area (Å²) in [6.07, 6.45) is 1.99. The summed E-state index contributed by atoms with van der Waals surface area (Å²) in [5, 5.41) is 0.949. The molecule has 0 bridgehead atoms. The average Bonchev–Trinajstić information content (AvgIpc) is 3.46. The van der Waals surface area contributed by atoms with E-state index in [0.29, 0.717) is 62.3 Å². The van der Waals surface area contributed by atoms with Gasteiger partial charge in [-0.2, -0.15) is 0 Å². The molecule has 5 rings (SSSR count). The van der Waals surface area contributed by atoms with Crippen molar-refractivity contribution in [2.75, 3.05) is 49.1 Å². The van der Waals surface area contributed by atoms with Crippen LogP contribution in [0.5, 0.6) is 0 Å². The molecule has 0 N–H and O–H groups in total. The molecule has 1 amide bonds. The van der Waals surface area contributed by atoms with Gasteiger partial charge in [-0.1, -0.05) is 38.1 Å². The van der Waals surface area contributed by atoms with Crippen LogP contribution in [0.15, 0.2) is 71.3 Å². The van der Waals surface area contributed by atoms with E-state index in [1.807, 2.05) is 52.3 Å². The highest BCUT2D eigenvalue weighted by Crippen LogP contribution is 2.29. The molecule has 0 spiro atoms. The summed E-state index contributed by atoms with van der Waals surface area (Å²) >= 11 is 0. The lowest BCUT2D eigenvalue weighted by Gasteiger charge is -2.36. The summed E-state index contributed by atoms with van der Waals surface area (Å²) in [6.45, 7) is 8.01. The van der Waals surface area contributed by atoms with Crippen molar-refractivity contribution in [1.29, 1.82) is 0 Å². The third kappa shape index (κ3) is 5.58. The Morgan fingerprint density at radius 1 is 1.00 bits per heavy atom. The van der Waals surface area contributed by atoms with Gasteiger partial charge < -0.3 is 19.1 Å². The van der Waals surface area contributed by atoms with Crippen molar-refractivity contribution in [2.24, 2.45) is 5.92 Å². The largest absolute Gasteiger partial charge is 0.461 e. The number of amides is 1. The fourth-order valence-electron chi connectivity index (χ4n) is 4.83. The molecule has 0 unspecified atom stereocenters. The molecule has 7 nitrogen and oxygen atoms in total. The lowest BCUT2D eigenvalue weighted by atomic mass is 10.1. The van der Waals surface area contributed by atoms with Crippen molar-refractivity contribution in [2.45, 2.75) is 20.3 Å². The average molecular weight is 502 g/mol. The van der Waals surface area contributed by atoms with E-state index in [0.717, 1.165) is 23.3 Å². The summed E-state index contributed by atoms with van der Waals surface area (Å²) in [6, 6.07) is 18.4. The standard InChI is InChI=1S/C29H32FN5O2/c1-21(2)20-35(29-22-8-3-5-10-24(22)31-28(32-29)26-12-7-19-37-26)14-13-27(36)34-17-15-33(16-18-34)25-11-6-4-9-23(25)30/h3-12,19,21H,13-18,20H2,1-2H3. The van der Waals surface area contributed by atoms with Gasteiger partial charge in [-0.25, -0.2) is 14.4 Å².